The third kappa shape index (κ3) is 4.00. The summed E-state index contributed by atoms with van der Waals surface area (Å²) in [7, 11) is 3.18. The van der Waals surface area contributed by atoms with Crippen molar-refractivity contribution in [3.05, 3.63) is 70.5 Å². The van der Waals surface area contributed by atoms with Gasteiger partial charge < -0.3 is 14.2 Å². The van der Waals surface area contributed by atoms with Crippen LogP contribution < -0.4 is 14.2 Å². The van der Waals surface area contributed by atoms with Gasteiger partial charge in [-0.25, -0.2) is 5.01 Å². The van der Waals surface area contributed by atoms with Crippen LogP contribution in [-0.2, 0) is 4.79 Å². The lowest BCUT2D eigenvalue weighted by Gasteiger charge is -2.22. The van der Waals surface area contributed by atoms with Crippen molar-refractivity contribution < 1.29 is 19.0 Å². The molecule has 0 aliphatic carbocycles. The van der Waals surface area contributed by atoms with Gasteiger partial charge in [-0.05, 0) is 41.3 Å². The van der Waals surface area contributed by atoms with Crippen molar-refractivity contribution in [2.45, 2.75) is 12.5 Å². The lowest BCUT2D eigenvalue weighted by Crippen LogP contribution is -2.31. The Morgan fingerprint density at radius 3 is 2.76 bits per heavy atom. The highest BCUT2D eigenvalue weighted by Gasteiger charge is 2.34. The van der Waals surface area contributed by atoms with Gasteiger partial charge in [0.25, 0.3) is 5.91 Å². The maximum absolute atomic E-state index is 13.2. The standard InChI is InChI=1S/C23H21N5O4S/c1-30-18-9-8-15(12-19(18)31-2)17-13-16(20-6-5-11-33-20)26-28(17)22(29)14-32-23-25-24-21-7-3-4-10-27(21)23/h3-12,17H,13-14H2,1-2H3/t17-/m1/s1. The third-order valence-electron chi connectivity index (χ3n) is 5.37. The summed E-state index contributed by atoms with van der Waals surface area (Å²) in [5.41, 5.74) is 2.39. The first kappa shape index (κ1) is 21.0. The highest BCUT2D eigenvalue weighted by atomic mass is 32.1. The predicted molar refractivity (Wildman–Crippen MR) is 123 cm³/mol. The van der Waals surface area contributed by atoms with E-state index < -0.39 is 0 Å². The first-order valence-electron chi connectivity index (χ1n) is 10.3. The third-order valence-corrected chi connectivity index (χ3v) is 6.29. The Balaban J connectivity index is 1.42. The van der Waals surface area contributed by atoms with Crippen molar-refractivity contribution in [3.63, 3.8) is 0 Å². The number of pyridine rings is 1. The average Bonchev–Trinajstić information content (AvgIpc) is 3.61. The normalized spacial score (nSPS) is 15.5. The fourth-order valence-electron chi connectivity index (χ4n) is 3.76. The van der Waals surface area contributed by atoms with E-state index in [1.165, 1.54) is 5.01 Å². The van der Waals surface area contributed by atoms with Gasteiger partial charge in [0.05, 0.1) is 30.9 Å². The van der Waals surface area contributed by atoms with Gasteiger partial charge in [-0.3, -0.25) is 9.20 Å². The van der Waals surface area contributed by atoms with Gasteiger partial charge in [0.1, 0.15) is 0 Å². The predicted octanol–water partition coefficient (Wildman–Crippen LogP) is 3.56. The number of amides is 1. The number of hydrazone groups is 1. The minimum atomic E-state index is -0.298. The Morgan fingerprint density at radius 2 is 1.97 bits per heavy atom. The van der Waals surface area contributed by atoms with Crippen LogP contribution in [0.15, 0.2) is 65.2 Å². The number of ether oxygens (including phenoxy) is 3. The molecule has 0 fully saturated rings. The van der Waals surface area contributed by atoms with Gasteiger partial charge in [-0.1, -0.05) is 23.3 Å². The van der Waals surface area contributed by atoms with Crippen LogP contribution >= 0.6 is 11.3 Å². The molecule has 4 aromatic rings. The Bertz CT molecular complexity index is 1320. The lowest BCUT2D eigenvalue weighted by atomic mass is 10.0. The van der Waals surface area contributed by atoms with Crippen LogP contribution in [-0.4, -0.2) is 52.1 Å². The van der Waals surface area contributed by atoms with E-state index in [4.69, 9.17) is 14.2 Å². The topological polar surface area (TPSA) is 90.5 Å². The summed E-state index contributed by atoms with van der Waals surface area (Å²) in [6.45, 7) is -0.222. The monoisotopic (exact) mass is 463 g/mol. The van der Waals surface area contributed by atoms with Crippen LogP contribution in [0.4, 0.5) is 0 Å². The number of hydrogen-bond acceptors (Lipinski definition) is 8. The second-order valence-electron chi connectivity index (χ2n) is 7.30. The first-order chi connectivity index (χ1) is 16.2. The highest BCUT2D eigenvalue weighted by molar-refractivity contribution is 7.12. The molecule has 5 rings (SSSR count). The van der Waals surface area contributed by atoms with Crippen LogP contribution in [0.5, 0.6) is 17.5 Å². The maximum Gasteiger partial charge on any atom is 0.322 e. The van der Waals surface area contributed by atoms with Gasteiger partial charge in [0, 0.05) is 12.6 Å². The fourth-order valence-corrected chi connectivity index (χ4v) is 4.48. The zero-order valence-corrected chi connectivity index (χ0v) is 18.9. The Morgan fingerprint density at radius 1 is 1.09 bits per heavy atom. The molecule has 0 saturated carbocycles. The average molecular weight is 464 g/mol. The smallest absolute Gasteiger partial charge is 0.322 e. The number of methoxy groups -OCH3 is 2. The molecule has 1 aromatic carbocycles. The highest BCUT2D eigenvalue weighted by Crippen LogP contribution is 2.37. The molecule has 10 heteroatoms. The molecule has 0 spiro atoms. The van der Waals surface area contributed by atoms with E-state index in [-0.39, 0.29) is 24.6 Å². The summed E-state index contributed by atoms with van der Waals surface area (Å²) < 4.78 is 18.2. The molecule has 1 atom stereocenters. The zero-order valence-electron chi connectivity index (χ0n) is 18.0. The van der Waals surface area contributed by atoms with E-state index in [1.54, 1.807) is 36.2 Å². The van der Waals surface area contributed by atoms with Crippen LogP contribution in [0.2, 0.25) is 0 Å². The molecular weight excluding hydrogens is 442 g/mol. The lowest BCUT2D eigenvalue weighted by molar-refractivity contribution is -0.135. The molecule has 1 amide bonds. The van der Waals surface area contributed by atoms with Crippen molar-refractivity contribution in [2.75, 3.05) is 20.8 Å². The van der Waals surface area contributed by atoms with Crippen LogP contribution in [0.25, 0.3) is 5.65 Å². The summed E-state index contributed by atoms with van der Waals surface area (Å²) in [4.78, 5) is 14.3. The summed E-state index contributed by atoms with van der Waals surface area (Å²) in [5, 5.41) is 16.2. The molecule has 1 aliphatic heterocycles. The van der Waals surface area contributed by atoms with Gasteiger partial charge >= 0.3 is 6.01 Å². The van der Waals surface area contributed by atoms with Crippen LogP contribution in [0.1, 0.15) is 22.9 Å². The number of hydrogen-bond donors (Lipinski definition) is 0. The SMILES string of the molecule is COc1ccc([C@H]2CC(c3cccs3)=NN2C(=O)COc2nnc3ccccn23)cc1OC. The van der Waals surface area contributed by atoms with E-state index in [0.717, 1.165) is 16.2 Å². The number of carbonyl (C=O) groups is 1. The summed E-state index contributed by atoms with van der Waals surface area (Å²) in [6.07, 6.45) is 2.36. The first-order valence-corrected chi connectivity index (χ1v) is 11.1. The second-order valence-corrected chi connectivity index (χ2v) is 8.24. The number of aromatic nitrogens is 3. The van der Waals surface area contributed by atoms with Crippen molar-refractivity contribution in [1.29, 1.82) is 0 Å². The minimum Gasteiger partial charge on any atom is -0.493 e. The van der Waals surface area contributed by atoms with Gasteiger partial charge in [-0.2, -0.15) is 5.10 Å². The number of fused-ring (bicyclic) bond motifs is 1. The van der Waals surface area contributed by atoms with E-state index in [0.29, 0.717) is 23.6 Å². The number of thiophene rings is 1. The molecule has 168 valence electrons. The largest absolute Gasteiger partial charge is 0.493 e. The Labute approximate surface area is 193 Å². The molecule has 4 heterocycles. The van der Waals surface area contributed by atoms with E-state index >= 15 is 0 Å². The molecule has 0 N–H and O–H groups in total. The number of carbonyl (C=O) groups excluding carboxylic acids is 1. The Hall–Kier alpha value is -3.92. The minimum absolute atomic E-state index is 0.222. The summed E-state index contributed by atoms with van der Waals surface area (Å²) >= 11 is 1.59. The number of rotatable bonds is 7. The maximum atomic E-state index is 13.2. The molecule has 0 radical (unpaired) electrons. The van der Waals surface area contributed by atoms with Crippen molar-refractivity contribution >= 4 is 28.6 Å². The molecular formula is C23H21N5O4S. The number of nitrogens with zero attached hydrogens (tertiary/aromatic N) is 5. The summed E-state index contributed by atoms with van der Waals surface area (Å²) in [5.74, 6) is 0.936. The van der Waals surface area contributed by atoms with E-state index in [2.05, 4.69) is 15.3 Å². The van der Waals surface area contributed by atoms with Crippen molar-refractivity contribution in [2.24, 2.45) is 5.10 Å². The van der Waals surface area contributed by atoms with Gasteiger partial charge in [0.15, 0.2) is 23.8 Å². The molecule has 9 nitrogen and oxygen atoms in total. The summed E-state index contributed by atoms with van der Waals surface area (Å²) in [6, 6.07) is 15.1. The molecule has 0 unspecified atom stereocenters. The molecule has 33 heavy (non-hydrogen) atoms. The van der Waals surface area contributed by atoms with Crippen molar-refractivity contribution in [3.8, 4) is 17.5 Å². The molecule has 0 saturated heterocycles. The molecule has 1 aliphatic rings. The fraction of sp³-hybridized carbons (Fsp3) is 0.217. The van der Waals surface area contributed by atoms with Gasteiger partial charge in [-0.15, -0.1) is 16.4 Å². The zero-order chi connectivity index (χ0) is 22.8. The van der Waals surface area contributed by atoms with E-state index in [9.17, 15) is 4.79 Å². The quantitative estimate of drug-likeness (QED) is 0.416. The van der Waals surface area contributed by atoms with Crippen molar-refractivity contribution in [1.82, 2.24) is 19.6 Å². The van der Waals surface area contributed by atoms with E-state index in [1.807, 2.05) is 53.9 Å². The Kier molecular flexibility index (Phi) is 5.66. The number of benzene rings is 1. The van der Waals surface area contributed by atoms with Gasteiger partial charge in [0.2, 0.25) is 0 Å². The second kappa shape index (κ2) is 8.91. The molecule has 3 aromatic heterocycles. The molecule has 0 bridgehead atoms. The van der Waals surface area contributed by atoms with Crippen LogP contribution in [0, 0.1) is 0 Å². The van der Waals surface area contributed by atoms with Crippen LogP contribution in [0.3, 0.4) is 0 Å².